The predicted octanol–water partition coefficient (Wildman–Crippen LogP) is 2.49. The number of rotatable bonds is 4. The fourth-order valence-corrected chi connectivity index (χ4v) is 1.93. The minimum Gasteiger partial charge on any atom is -0.444 e. The van der Waals surface area contributed by atoms with Crippen molar-refractivity contribution in [2.45, 2.75) is 52.2 Å². The Hall–Kier alpha value is -0.910. The Bertz CT molecular complexity index is 306. The molecule has 0 spiro atoms. The fourth-order valence-electron chi connectivity index (χ4n) is 1.93. The van der Waals surface area contributed by atoms with Crippen molar-refractivity contribution in [3.05, 3.63) is 0 Å². The van der Waals surface area contributed by atoms with Crippen molar-refractivity contribution >= 4 is 6.09 Å². The lowest BCUT2D eigenvalue weighted by Crippen LogP contribution is -2.38. The molecule has 1 N–H and O–H groups in total. The summed E-state index contributed by atoms with van der Waals surface area (Å²) in [5.41, 5.74) is -0.502. The summed E-state index contributed by atoms with van der Waals surface area (Å²) in [5.74, 6) is 0.216. The van der Waals surface area contributed by atoms with E-state index in [0.717, 1.165) is 6.42 Å². The zero-order chi connectivity index (χ0) is 14.6. The molecular formula is C13H24F2N2O2. The minimum atomic E-state index is -2.36. The van der Waals surface area contributed by atoms with E-state index in [-0.39, 0.29) is 12.0 Å². The Labute approximate surface area is 113 Å². The molecule has 2 unspecified atom stereocenters. The highest BCUT2D eigenvalue weighted by molar-refractivity contribution is 5.68. The van der Waals surface area contributed by atoms with Crippen molar-refractivity contribution in [1.82, 2.24) is 10.2 Å². The fraction of sp³-hybridized carbons (Fsp3) is 0.923. The van der Waals surface area contributed by atoms with Crippen LogP contribution < -0.4 is 5.32 Å². The van der Waals surface area contributed by atoms with Crippen LogP contribution in [0.5, 0.6) is 0 Å². The monoisotopic (exact) mass is 278 g/mol. The lowest BCUT2D eigenvalue weighted by Gasteiger charge is -2.24. The van der Waals surface area contributed by atoms with Gasteiger partial charge < -0.3 is 15.0 Å². The molecule has 1 aliphatic heterocycles. The van der Waals surface area contributed by atoms with Crippen molar-refractivity contribution < 1.29 is 18.3 Å². The Morgan fingerprint density at radius 3 is 2.63 bits per heavy atom. The Morgan fingerprint density at radius 2 is 2.11 bits per heavy atom. The normalized spacial score (nSPS) is 21.8. The molecule has 0 radical (unpaired) electrons. The van der Waals surface area contributed by atoms with Crippen LogP contribution in [-0.4, -0.2) is 48.7 Å². The molecule has 1 heterocycles. The van der Waals surface area contributed by atoms with Crippen LogP contribution >= 0.6 is 0 Å². The van der Waals surface area contributed by atoms with Gasteiger partial charge in [0.05, 0.1) is 6.04 Å². The molecule has 0 aromatic rings. The van der Waals surface area contributed by atoms with E-state index in [2.05, 4.69) is 5.32 Å². The second-order valence-electron chi connectivity index (χ2n) is 6.11. The third kappa shape index (κ3) is 5.72. The van der Waals surface area contributed by atoms with Crippen LogP contribution in [0, 0.1) is 5.92 Å². The molecule has 0 saturated carbocycles. The molecule has 1 rings (SSSR count). The number of halogens is 2. The van der Waals surface area contributed by atoms with Crippen molar-refractivity contribution in [2.24, 2.45) is 5.92 Å². The summed E-state index contributed by atoms with van der Waals surface area (Å²) in [7, 11) is 0. The highest BCUT2D eigenvalue weighted by Crippen LogP contribution is 2.19. The quantitative estimate of drug-likeness (QED) is 0.859. The molecule has 112 valence electrons. The van der Waals surface area contributed by atoms with Gasteiger partial charge in [-0.1, -0.05) is 0 Å². The van der Waals surface area contributed by atoms with Gasteiger partial charge in [-0.25, -0.2) is 13.6 Å². The lowest BCUT2D eigenvalue weighted by atomic mass is 10.1. The van der Waals surface area contributed by atoms with Gasteiger partial charge in [0.25, 0.3) is 6.43 Å². The summed E-state index contributed by atoms with van der Waals surface area (Å²) in [6, 6.07) is -0.810. The van der Waals surface area contributed by atoms with Crippen LogP contribution in [0.25, 0.3) is 0 Å². The number of hydrogen-bond acceptors (Lipinski definition) is 3. The zero-order valence-corrected chi connectivity index (χ0v) is 12.1. The van der Waals surface area contributed by atoms with Gasteiger partial charge in [0.2, 0.25) is 0 Å². The molecule has 1 amide bonds. The number of nitrogens with zero attached hydrogens (tertiary/aromatic N) is 1. The van der Waals surface area contributed by atoms with Crippen LogP contribution in [0.3, 0.4) is 0 Å². The summed E-state index contributed by atoms with van der Waals surface area (Å²) in [6.45, 7) is 8.64. The average molecular weight is 278 g/mol. The maximum Gasteiger partial charge on any atom is 0.410 e. The van der Waals surface area contributed by atoms with E-state index < -0.39 is 18.1 Å². The number of ether oxygens (including phenoxy) is 1. The summed E-state index contributed by atoms with van der Waals surface area (Å²) in [6.07, 6.45) is -1.86. The number of likely N-dealkylation sites (tertiary alicyclic amines) is 1. The molecule has 0 bridgehead atoms. The molecule has 6 heteroatoms. The first-order chi connectivity index (χ1) is 8.69. The topological polar surface area (TPSA) is 41.6 Å². The van der Waals surface area contributed by atoms with E-state index in [9.17, 15) is 13.6 Å². The Morgan fingerprint density at radius 1 is 1.47 bits per heavy atom. The molecule has 2 atom stereocenters. The van der Waals surface area contributed by atoms with Gasteiger partial charge in [0.1, 0.15) is 5.60 Å². The summed E-state index contributed by atoms with van der Waals surface area (Å²) >= 11 is 0. The number of carbonyl (C=O) groups is 1. The van der Waals surface area contributed by atoms with E-state index in [0.29, 0.717) is 19.6 Å². The predicted molar refractivity (Wildman–Crippen MR) is 69.4 cm³/mol. The van der Waals surface area contributed by atoms with Crippen molar-refractivity contribution in [3.63, 3.8) is 0 Å². The number of nitrogens with one attached hydrogen (secondary N) is 1. The van der Waals surface area contributed by atoms with Gasteiger partial charge in [-0.3, -0.25) is 0 Å². The van der Waals surface area contributed by atoms with Gasteiger partial charge in [-0.05, 0) is 40.0 Å². The van der Waals surface area contributed by atoms with E-state index in [1.54, 1.807) is 4.90 Å². The average Bonchev–Trinajstić information content (AvgIpc) is 2.71. The summed E-state index contributed by atoms with van der Waals surface area (Å²) in [5, 5.41) is 2.80. The number of hydrogen-bond donors (Lipinski definition) is 1. The lowest BCUT2D eigenvalue weighted by molar-refractivity contribution is 0.0287. The first-order valence-electron chi connectivity index (χ1n) is 6.68. The third-order valence-electron chi connectivity index (χ3n) is 3.04. The van der Waals surface area contributed by atoms with Crippen LogP contribution in [0.1, 0.15) is 34.1 Å². The Kier molecular flexibility index (Phi) is 5.52. The number of amides is 1. The van der Waals surface area contributed by atoms with Gasteiger partial charge in [0, 0.05) is 19.6 Å². The largest absolute Gasteiger partial charge is 0.444 e. The van der Waals surface area contributed by atoms with E-state index in [1.807, 2.05) is 20.8 Å². The van der Waals surface area contributed by atoms with E-state index in [4.69, 9.17) is 4.74 Å². The van der Waals surface area contributed by atoms with E-state index in [1.165, 1.54) is 6.92 Å². The van der Waals surface area contributed by atoms with Crippen molar-refractivity contribution in [3.8, 4) is 0 Å². The third-order valence-corrected chi connectivity index (χ3v) is 3.04. The minimum absolute atomic E-state index is 0.216. The molecule has 1 fully saturated rings. The molecule has 19 heavy (non-hydrogen) atoms. The SMILES string of the molecule is CC(NCC1CCN(C(=O)OC(C)(C)C)C1)C(F)F. The highest BCUT2D eigenvalue weighted by Gasteiger charge is 2.30. The maximum absolute atomic E-state index is 12.3. The van der Waals surface area contributed by atoms with Crippen LogP contribution in [0.15, 0.2) is 0 Å². The van der Waals surface area contributed by atoms with Crippen LogP contribution in [0.2, 0.25) is 0 Å². The van der Waals surface area contributed by atoms with Crippen LogP contribution in [0.4, 0.5) is 13.6 Å². The first-order valence-corrected chi connectivity index (χ1v) is 6.68. The molecule has 4 nitrogen and oxygen atoms in total. The second kappa shape index (κ2) is 6.50. The smallest absolute Gasteiger partial charge is 0.410 e. The summed E-state index contributed by atoms with van der Waals surface area (Å²) in [4.78, 5) is 13.5. The molecular weight excluding hydrogens is 254 g/mol. The molecule has 0 aromatic heterocycles. The molecule has 0 aromatic carbocycles. The van der Waals surface area contributed by atoms with Gasteiger partial charge in [-0.2, -0.15) is 0 Å². The van der Waals surface area contributed by atoms with Crippen molar-refractivity contribution in [1.29, 1.82) is 0 Å². The second-order valence-corrected chi connectivity index (χ2v) is 6.11. The summed E-state index contributed by atoms with van der Waals surface area (Å²) < 4.78 is 30.0. The number of alkyl halides is 2. The van der Waals surface area contributed by atoms with Gasteiger partial charge in [-0.15, -0.1) is 0 Å². The Balaban J connectivity index is 2.31. The first kappa shape index (κ1) is 16.1. The van der Waals surface area contributed by atoms with Crippen LogP contribution in [-0.2, 0) is 4.74 Å². The molecule has 0 aliphatic carbocycles. The highest BCUT2D eigenvalue weighted by atomic mass is 19.3. The molecule has 1 saturated heterocycles. The van der Waals surface area contributed by atoms with Gasteiger partial charge in [0.15, 0.2) is 0 Å². The van der Waals surface area contributed by atoms with E-state index >= 15 is 0 Å². The van der Waals surface area contributed by atoms with Gasteiger partial charge >= 0.3 is 6.09 Å². The molecule has 1 aliphatic rings. The maximum atomic E-state index is 12.3. The van der Waals surface area contributed by atoms with Crippen molar-refractivity contribution in [2.75, 3.05) is 19.6 Å². The number of carbonyl (C=O) groups excluding carboxylic acids is 1. The standard InChI is InChI=1S/C13H24F2N2O2/c1-9(11(14)15)16-7-10-5-6-17(8-10)12(18)19-13(2,3)4/h9-11,16H,5-8H2,1-4H3. The zero-order valence-electron chi connectivity index (χ0n) is 12.1.